The second-order valence-electron chi connectivity index (χ2n) is 11.0. The lowest BCUT2D eigenvalue weighted by atomic mass is 9.87. The lowest BCUT2D eigenvalue weighted by Crippen LogP contribution is -2.17. The van der Waals surface area contributed by atoms with E-state index in [9.17, 15) is 13.2 Å². The van der Waals surface area contributed by atoms with Crippen LogP contribution in [0, 0.1) is 19.3 Å². The molecule has 0 unspecified atom stereocenters. The SMILES string of the molecule is C=C(C)NC1=NCC(C(C)(C)C)=C1.C=C(C)c1csc(Cc2cccc(C(F)(F)F)c2)n1.Cc1ccc(C)cc1. The van der Waals surface area contributed by atoms with Crippen LogP contribution in [0.5, 0.6) is 0 Å². The van der Waals surface area contributed by atoms with Gasteiger partial charge in [-0.3, -0.25) is 4.99 Å². The van der Waals surface area contributed by atoms with Gasteiger partial charge in [0.2, 0.25) is 0 Å². The number of aromatic nitrogens is 1. The van der Waals surface area contributed by atoms with Crippen molar-refractivity contribution in [3.8, 4) is 0 Å². The van der Waals surface area contributed by atoms with Crippen LogP contribution in [0.15, 0.2) is 89.4 Å². The summed E-state index contributed by atoms with van der Waals surface area (Å²) in [5.41, 5.74) is 6.83. The Hall–Kier alpha value is -3.45. The zero-order valence-electron chi connectivity index (χ0n) is 24.5. The Morgan fingerprint density at radius 3 is 2.02 bits per heavy atom. The molecule has 3 nitrogen and oxygen atoms in total. The van der Waals surface area contributed by atoms with Crippen molar-refractivity contribution in [3.63, 3.8) is 0 Å². The topological polar surface area (TPSA) is 37.3 Å². The highest BCUT2D eigenvalue weighted by Gasteiger charge is 2.30. The Bertz CT molecular complexity index is 1330. The first kappa shape index (κ1) is 32.8. The lowest BCUT2D eigenvalue weighted by Gasteiger charge is -2.18. The molecule has 0 bridgehead atoms. The second kappa shape index (κ2) is 14.3. The molecule has 0 saturated heterocycles. The zero-order chi connectivity index (χ0) is 30.1. The predicted molar refractivity (Wildman–Crippen MR) is 165 cm³/mol. The van der Waals surface area contributed by atoms with E-state index < -0.39 is 11.7 Å². The van der Waals surface area contributed by atoms with Gasteiger partial charge in [0, 0.05) is 17.5 Å². The van der Waals surface area contributed by atoms with E-state index in [1.807, 2.05) is 19.2 Å². The van der Waals surface area contributed by atoms with Gasteiger partial charge in [-0.2, -0.15) is 13.2 Å². The third-order valence-corrected chi connectivity index (χ3v) is 6.70. The Labute approximate surface area is 241 Å². The van der Waals surface area contributed by atoms with Gasteiger partial charge >= 0.3 is 6.18 Å². The van der Waals surface area contributed by atoms with Crippen LogP contribution in [0.1, 0.15) is 67.6 Å². The van der Waals surface area contributed by atoms with Crippen molar-refractivity contribution in [1.29, 1.82) is 0 Å². The molecule has 1 N–H and O–H groups in total. The normalized spacial score (nSPS) is 12.8. The minimum atomic E-state index is -4.30. The van der Waals surface area contributed by atoms with Crippen LogP contribution in [0.25, 0.3) is 5.57 Å². The van der Waals surface area contributed by atoms with Crippen LogP contribution in [0.4, 0.5) is 13.2 Å². The van der Waals surface area contributed by atoms with Crippen molar-refractivity contribution in [2.45, 2.75) is 61.1 Å². The summed E-state index contributed by atoms with van der Waals surface area (Å²) < 4.78 is 37.8. The molecule has 7 heteroatoms. The van der Waals surface area contributed by atoms with Crippen molar-refractivity contribution in [3.05, 3.63) is 117 Å². The van der Waals surface area contributed by atoms with Gasteiger partial charge in [-0.05, 0) is 62.0 Å². The van der Waals surface area contributed by atoms with Gasteiger partial charge < -0.3 is 5.32 Å². The second-order valence-corrected chi connectivity index (χ2v) is 11.9. The molecule has 0 spiro atoms. The number of nitrogens with zero attached hydrogens (tertiary/aromatic N) is 2. The average Bonchev–Trinajstić information content (AvgIpc) is 3.51. The standard InChI is InChI=1S/C14H12F3NS.C11H18N2.C8H10/c1-9(2)12-8-19-13(18-12)7-10-4-3-5-11(6-10)14(15,16)17;1-8(2)13-10-6-9(7-12-10)11(3,4)5;1-7-3-5-8(2)6-4-7/h3-6,8H,1,7H2,2H3;6H,1,7H2,2-5H3,(H,12,13);3-6H,1-2H3. The number of allylic oxidation sites excluding steroid dienone is 2. The van der Waals surface area contributed by atoms with Gasteiger partial charge in [0.15, 0.2) is 0 Å². The van der Waals surface area contributed by atoms with Gasteiger partial charge in [0.1, 0.15) is 5.84 Å². The number of amidine groups is 1. The number of nitrogens with one attached hydrogen (secondary N) is 1. The van der Waals surface area contributed by atoms with E-state index in [4.69, 9.17) is 0 Å². The number of alkyl halides is 3. The van der Waals surface area contributed by atoms with Crippen LogP contribution in [-0.4, -0.2) is 17.4 Å². The van der Waals surface area contributed by atoms with E-state index in [0.29, 0.717) is 12.0 Å². The molecule has 2 aromatic carbocycles. The molecule has 3 aromatic rings. The fourth-order valence-corrected chi connectivity index (χ4v) is 4.33. The van der Waals surface area contributed by atoms with Gasteiger partial charge in [0.25, 0.3) is 0 Å². The van der Waals surface area contributed by atoms with E-state index in [1.54, 1.807) is 6.07 Å². The number of aryl methyl sites for hydroxylation is 2. The first-order valence-corrected chi connectivity index (χ1v) is 13.9. The molecule has 40 heavy (non-hydrogen) atoms. The van der Waals surface area contributed by atoms with Gasteiger partial charge in [-0.25, -0.2) is 4.98 Å². The molecule has 0 atom stereocenters. The summed E-state index contributed by atoms with van der Waals surface area (Å²) >= 11 is 1.43. The van der Waals surface area contributed by atoms with Gasteiger partial charge in [-0.1, -0.05) is 87.5 Å². The maximum atomic E-state index is 12.6. The van der Waals surface area contributed by atoms with Crippen molar-refractivity contribution in [1.82, 2.24) is 10.3 Å². The molecule has 0 radical (unpaired) electrons. The first-order chi connectivity index (χ1) is 18.5. The van der Waals surface area contributed by atoms with Crippen molar-refractivity contribution in [2.24, 2.45) is 10.4 Å². The fraction of sp³-hybridized carbons (Fsp3) is 0.333. The number of halogens is 3. The zero-order valence-corrected chi connectivity index (χ0v) is 25.4. The summed E-state index contributed by atoms with van der Waals surface area (Å²) in [6.07, 6.45) is -1.78. The minimum absolute atomic E-state index is 0.224. The summed E-state index contributed by atoms with van der Waals surface area (Å²) in [6, 6.07) is 13.8. The molecule has 214 valence electrons. The van der Waals surface area contributed by atoms with E-state index in [-0.39, 0.29) is 5.41 Å². The molecular weight excluding hydrogens is 527 g/mol. The molecule has 4 rings (SSSR count). The fourth-order valence-electron chi connectivity index (χ4n) is 3.43. The van der Waals surface area contributed by atoms with Gasteiger partial charge in [0.05, 0.1) is 22.8 Å². The molecular formula is C33H40F3N3S. The molecule has 0 fully saturated rings. The molecule has 0 amide bonds. The van der Waals surface area contributed by atoms with E-state index in [0.717, 1.165) is 40.4 Å². The summed E-state index contributed by atoms with van der Waals surface area (Å²) in [6.45, 7) is 23.0. The monoisotopic (exact) mass is 567 g/mol. The Morgan fingerprint density at radius 2 is 1.57 bits per heavy atom. The highest BCUT2D eigenvalue weighted by Crippen LogP contribution is 2.30. The van der Waals surface area contributed by atoms with Crippen LogP contribution >= 0.6 is 11.3 Å². The highest BCUT2D eigenvalue weighted by molar-refractivity contribution is 7.09. The van der Waals surface area contributed by atoms with E-state index in [1.165, 1.54) is 40.2 Å². The van der Waals surface area contributed by atoms with E-state index in [2.05, 4.69) is 93.4 Å². The molecule has 2 heterocycles. The van der Waals surface area contributed by atoms with Crippen molar-refractivity contribution >= 4 is 22.7 Å². The Kier molecular flexibility index (Phi) is 11.7. The highest BCUT2D eigenvalue weighted by atomic mass is 32.1. The molecule has 0 aliphatic carbocycles. The number of benzene rings is 2. The first-order valence-electron chi connectivity index (χ1n) is 13.0. The molecule has 1 aliphatic heterocycles. The van der Waals surface area contributed by atoms with Crippen molar-refractivity contribution < 1.29 is 13.2 Å². The molecule has 1 aliphatic rings. The lowest BCUT2D eigenvalue weighted by molar-refractivity contribution is -0.137. The van der Waals surface area contributed by atoms with Crippen LogP contribution in [0.2, 0.25) is 0 Å². The third kappa shape index (κ3) is 11.3. The maximum absolute atomic E-state index is 12.6. The van der Waals surface area contributed by atoms with E-state index >= 15 is 0 Å². The van der Waals surface area contributed by atoms with Crippen molar-refractivity contribution in [2.75, 3.05) is 6.54 Å². The summed E-state index contributed by atoms with van der Waals surface area (Å²) in [5, 5.41) is 5.78. The Balaban J connectivity index is 0.000000230. The maximum Gasteiger partial charge on any atom is 0.416 e. The van der Waals surface area contributed by atoms with Gasteiger partial charge in [-0.15, -0.1) is 11.3 Å². The van der Waals surface area contributed by atoms with Crippen LogP contribution in [-0.2, 0) is 12.6 Å². The number of hydrogen-bond donors (Lipinski definition) is 1. The third-order valence-electron chi connectivity index (χ3n) is 5.85. The average molecular weight is 568 g/mol. The number of aliphatic imine (C=N–C) groups is 1. The smallest absolute Gasteiger partial charge is 0.345 e. The summed E-state index contributed by atoms with van der Waals surface area (Å²) in [4.78, 5) is 8.71. The van der Waals surface area contributed by atoms with Crippen LogP contribution < -0.4 is 5.32 Å². The predicted octanol–water partition coefficient (Wildman–Crippen LogP) is 9.58. The number of hydrogen-bond acceptors (Lipinski definition) is 4. The minimum Gasteiger partial charge on any atom is -0.345 e. The molecule has 0 saturated carbocycles. The number of thiazole rings is 1. The summed E-state index contributed by atoms with van der Waals surface area (Å²) in [5.74, 6) is 0.942. The quantitative estimate of drug-likeness (QED) is 0.341. The largest absolute Gasteiger partial charge is 0.416 e. The molecule has 1 aromatic heterocycles. The number of rotatable bonds is 4. The van der Waals surface area contributed by atoms with Crippen LogP contribution in [0.3, 0.4) is 0 Å². The Morgan fingerprint density at radius 1 is 0.975 bits per heavy atom. The summed E-state index contributed by atoms with van der Waals surface area (Å²) in [7, 11) is 0.